The van der Waals surface area contributed by atoms with Gasteiger partial charge in [0.2, 0.25) is 0 Å². The van der Waals surface area contributed by atoms with E-state index in [1.54, 1.807) is 24.7 Å². The van der Waals surface area contributed by atoms with Crippen molar-refractivity contribution >= 4 is 45.2 Å². The van der Waals surface area contributed by atoms with Gasteiger partial charge in [-0.1, -0.05) is 40.6 Å². The van der Waals surface area contributed by atoms with E-state index in [2.05, 4.69) is 20.8 Å². The van der Waals surface area contributed by atoms with Crippen LogP contribution in [0.25, 0.3) is 6.08 Å². The Labute approximate surface area is 238 Å². The van der Waals surface area contributed by atoms with Crippen LogP contribution in [-0.4, -0.2) is 50.6 Å². The van der Waals surface area contributed by atoms with E-state index in [-0.39, 0.29) is 12.2 Å². The van der Waals surface area contributed by atoms with Crippen molar-refractivity contribution in [2.75, 3.05) is 44.9 Å². The van der Waals surface area contributed by atoms with Gasteiger partial charge in [-0.15, -0.1) is 0 Å². The molecule has 2 aliphatic heterocycles. The van der Waals surface area contributed by atoms with Crippen LogP contribution >= 0.6 is 27.3 Å². The fourth-order valence-electron chi connectivity index (χ4n) is 4.84. The minimum absolute atomic E-state index is 0.207. The number of anilines is 1. The van der Waals surface area contributed by atoms with E-state index in [9.17, 15) is 9.59 Å². The zero-order chi connectivity index (χ0) is 27.5. The molecule has 0 unspecified atom stereocenters. The average molecular weight is 617 g/mol. The van der Waals surface area contributed by atoms with Gasteiger partial charge in [0.15, 0.2) is 10.7 Å². The molecule has 0 saturated carbocycles. The second kappa shape index (κ2) is 11.9. The molecule has 1 fully saturated rings. The first-order valence-corrected chi connectivity index (χ1v) is 14.5. The number of halogens is 1. The van der Waals surface area contributed by atoms with E-state index in [1.165, 1.54) is 11.3 Å². The number of carbonyl (C=O) groups excluding carboxylic acids is 1. The Morgan fingerprint density at radius 3 is 2.74 bits per heavy atom. The van der Waals surface area contributed by atoms with Gasteiger partial charge in [-0.2, -0.15) is 0 Å². The third-order valence-electron chi connectivity index (χ3n) is 6.59. The maximum Gasteiger partial charge on any atom is 0.338 e. The molecule has 2 aliphatic rings. The molecule has 11 heteroatoms. The van der Waals surface area contributed by atoms with Crippen molar-refractivity contribution in [1.29, 1.82) is 0 Å². The van der Waals surface area contributed by atoms with Gasteiger partial charge in [-0.3, -0.25) is 9.36 Å². The van der Waals surface area contributed by atoms with Gasteiger partial charge in [-0.25, -0.2) is 9.79 Å². The smallest absolute Gasteiger partial charge is 0.338 e. The lowest BCUT2D eigenvalue weighted by Gasteiger charge is -2.27. The summed E-state index contributed by atoms with van der Waals surface area (Å²) in [4.78, 5) is 34.8. The Kier molecular flexibility index (Phi) is 8.39. The molecule has 0 N–H and O–H groups in total. The fraction of sp³-hybridized carbons (Fsp3) is 0.393. The number of allylic oxidation sites excluding steroid dienone is 1. The molecule has 0 radical (unpaired) electrons. The quantitative estimate of drug-likeness (QED) is 0.356. The molecule has 5 rings (SSSR count). The van der Waals surface area contributed by atoms with Gasteiger partial charge in [0.1, 0.15) is 17.6 Å². The van der Waals surface area contributed by atoms with Crippen LogP contribution in [-0.2, 0) is 14.3 Å². The lowest BCUT2D eigenvalue weighted by atomic mass is 9.93. The number of furan rings is 1. The highest BCUT2D eigenvalue weighted by molar-refractivity contribution is 9.10. The molecule has 39 heavy (non-hydrogen) atoms. The van der Waals surface area contributed by atoms with Crippen LogP contribution < -0.4 is 24.5 Å². The second-order valence-electron chi connectivity index (χ2n) is 9.08. The number of morpholine rings is 1. The molecule has 0 amide bonds. The van der Waals surface area contributed by atoms with Gasteiger partial charge in [-0.05, 0) is 37.6 Å². The minimum atomic E-state index is -0.767. The molecule has 9 nitrogen and oxygen atoms in total. The number of thiazole rings is 1. The number of nitrogens with zero attached hydrogens (tertiary/aromatic N) is 3. The van der Waals surface area contributed by atoms with Crippen LogP contribution in [0, 0.1) is 0 Å². The Morgan fingerprint density at radius 1 is 1.23 bits per heavy atom. The Bertz CT molecular complexity index is 1580. The minimum Gasteiger partial charge on any atom is -0.496 e. The SMILES string of the molecule is CCCC1=C(C(=O)OCC)[C@@H](c2cc(Br)ccc2OC)n2c(s/c(=C/c3ccc(N4CCOCC4)o3)c2=O)=N1. The summed E-state index contributed by atoms with van der Waals surface area (Å²) in [6, 6.07) is 8.53. The number of carbonyl (C=O) groups is 1. The number of methoxy groups -OCH3 is 1. The maximum atomic E-state index is 14.0. The summed E-state index contributed by atoms with van der Waals surface area (Å²) in [6.07, 6.45) is 3.07. The van der Waals surface area contributed by atoms with Crippen molar-refractivity contribution in [1.82, 2.24) is 4.57 Å². The zero-order valence-corrected chi connectivity index (χ0v) is 24.5. The monoisotopic (exact) mass is 615 g/mol. The summed E-state index contributed by atoms with van der Waals surface area (Å²) in [6.45, 7) is 6.79. The van der Waals surface area contributed by atoms with Crippen LogP contribution in [0.2, 0.25) is 0 Å². The summed E-state index contributed by atoms with van der Waals surface area (Å²) in [5.41, 5.74) is 1.36. The molecule has 1 atom stereocenters. The molecule has 1 saturated heterocycles. The molecular weight excluding hydrogens is 586 g/mol. The number of fused-ring (bicyclic) bond motifs is 1. The summed E-state index contributed by atoms with van der Waals surface area (Å²) in [7, 11) is 1.57. The largest absolute Gasteiger partial charge is 0.496 e. The van der Waals surface area contributed by atoms with Crippen LogP contribution in [0.15, 0.2) is 60.3 Å². The van der Waals surface area contributed by atoms with Crippen molar-refractivity contribution in [2.24, 2.45) is 4.99 Å². The summed E-state index contributed by atoms with van der Waals surface area (Å²) >= 11 is 4.81. The van der Waals surface area contributed by atoms with Crippen molar-refractivity contribution in [3.05, 3.63) is 77.1 Å². The Balaban J connectivity index is 1.69. The fourth-order valence-corrected chi connectivity index (χ4v) is 6.22. The molecule has 1 aromatic carbocycles. The number of rotatable bonds is 8. The van der Waals surface area contributed by atoms with E-state index < -0.39 is 12.0 Å². The molecule has 4 heterocycles. The first kappa shape index (κ1) is 27.4. The van der Waals surface area contributed by atoms with E-state index in [0.717, 1.165) is 29.9 Å². The summed E-state index contributed by atoms with van der Waals surface area (Å²) in [5.74, 6) is 1.37. The van der Waals surface area contributed by atoms with E-state index in [1.807, 2.05) is 37.3 Å². The van der Waals surface area contributed by atoms with Crippen LogP contribution in [0.3, 0.4) is 0 Å². The zero-order valence-electron chi connectivity index (χ0n) is 22.1. The molecule has 0 spiro atoms. The predicted octanol–water partition coefficient (Wildman–Crippen LogP) is 3.78. The molecule has 3 aromatic rings. The molecule has 206 valence electrons. The molecule has 0 bridgehead atoms. The van der Waals surface area contributed by atoms with Crippen molar-refractivity contribution in [2.45, 2.75) is 32.7 Å². The molecular formula is C28H30BrN3O6S. The lowest BCUT2D eigenvalue weighted by Crippen LogP contribution is -2.40. The Hall–Kier alpha value is -3.15. The number of hydrogen-bond donors (Lipinski definition) is 0. The number of ether oxygens (including phenoxy) is 3. The highest BCUT2D eigenvalue weighted by Gasteiger charge is 2.36. The second-order valence-corrected chi connectivity index (χ2v) is 11.0. The van der Waals surface area contributed by atoms with Crippen molar-refractivity contribution in [3.63, 3.8) is 0 Å². The summed E-state index contributed by atoms with van der Waals surface area (Å²) < 4.78 is 25.5. The third-order valence-corrected chi connectivity index (χ3v) is 8.06. The van der Waals surface area contributed by atoms with Crippen LogP contribution in [0.1, 0.15) is 44.1 Å². The normalized spacial score (nSPS) is 17.7. The lowest BCUT2D eigenvalue weighted by molar-refractivity contribution is -0.139. The maximum absolute atomic E-state index is 14.0. The van der Waals surface area contributed by atoms with E-state index >= 15 is 0 Å². The van der Waals surface area contributed by atoms with E-state index in [4.69, 9.17) is 23.6 Å². The van der Waals surface area contributed by atoms with Crippen LogP contribution in [0.4, 0.5) is 5.88 Å². The first-order valence-electron chi connectivity index (χ1n) is 12.9. The number of hydrogen-bond acceptors (Lipinski definition) is 9. The van der Waals surface area contributed by atoms with Gasteiger partial charge >= 0.3 is 5.97 Å². The Morgan fingerprint density at radius 2 is 2.03 bits per heavy atom. The average Bonchev–Trinajstić information content (AvgIpc) is 3.53. The third kappa shape index (κ3) is 5.48. The van der Waals surface area contributed by atoms with Gasteiger partial charge in [0, 0.05) is 35.3 Å². The van der Waals surface area contributed by atoms with Crippen LogP contribution in [0.5, 0.6) is 5.75 Å². The first-order chi connectivity index (χ1) is 18.9. The standard InChI is InChI=1S/C28H30BrN3O6S/c1-4-6-20-24(27(34)37-5-2)25(19-15-17(29)7-9-21(19)35-3)32-26(33)22(39-28(32)30-20)16-18-8-10-23(38-18)31-11-13-36-14-12-31/h7-10,15-16,25H,4-6,11-14H2,1-3H3/b22-16+/t25-/m1/s1. The predicted molar refractivity (Wildman–Crippen MR) is 152 cm³/mol. The molecule has 0 aliphatic carbocycles. The number of benzene rings is 1. The highest BCUT2D eigenvalue weighted by Crippen LogP contribution is 2.38. The van der Waals surface area contributed by atoms with Gasteiger partial charge < -0.3 is 23.5 Å². The number of aromatic nitrogens is 1. The van der Waals surface area contributed by atoms with Crippen molar-refractivity contribution in [3.8, 4) is 5.75 Å². The highest BCUT2D eigenvalue weighted by atomic mass is 79.9. The van der Waals surface area contributed by atoms with Crippen molar-refractivity contribution < 1.29 is 23.4 Å². The number of esters is 1. The summed E-state index contributed by atoms with van der Waals surface area (Å²) in [5, 5.41) is 0. The topological polar surface area (TPSA) is 95.5 Å². The molecule has 2 aromatic heterocycles. The van der Waals surface area contributed by atoms with Gasteiger partial charge in [0.05, 0.1) is 42.7 Å². The van der Waals surface area contributed by atoms with Gasteiger partial charge in [0.25, 0.3) is 5.56 Å². The van der Waals surface area contributed by atoms with E-state index in [0.29, 0.717) is 57.3 Å².